The van der Waals surface area contributed by atoms with Crippen LogP contribution in [0.5, 0.6) is 5.75 Å². The van der Waals surface area contributed by atoms with Crippen LogP contribution in [0.25, 0.3) is 0 Å². The molecule has 10 heteroatoms. The molecule has 1 aliphatic carbocycles. The highest BCUT2D eigenvalue weighted by Gasteiger charge is 2.39. The summed E-state index contributed by atoms with van der Waals surface area (Å²) in [6, 6.07) is 10.5. The van der Waals surface area contributed by atoms with Crippen LogP contribution < -0.4 is 10.1 Å². The molecule has 36 heavy (non-hydrogen) atoms. The van der Waals surface area contributed by atoms with Crippen LogP contribution in [0.2, 0.25) is 0 Å². The first kappa shape index (κ1) is 24.7. The van der Waals surface area contributed by atoms with E-state index >= 15 is 0 Å². The Morgan fingerprint density at radius 3 is 2.64 bits per heavy atom. The number of carbonyl (C=O) groups is 1. The average molecular weight is 529 g/mol. The predicted octanol–water partition coefficient (Wildman–Crippen LogP) is 4.47. The first-order valence-corrected chi connectivity index (χ1v) is 14.3. The molecular weight excluding hydrogens is 500 g/mol. The molecule has 3 aromatic rings. The summed E-state index contributed by atoms with van der Waals surface area (Å²) in [6.07, 6.45) is 3.58. The molecule has 2 aliphatic rings. The summed E-state index contributed by atoms with van der Waals surface area (Å²) in [6.45, 7) is 2.89. The van der Waals surface area contributed by atoms with Gasteiger partial charge in [0.15, 0.2) is 0 Å². The van der Waals surface area contributed by atoms with E-state index in [1.807, 2.05) is 12.1 Å². The van der Waals surface area contributed by atoms with Gasteiger partial charge in [-0.15, -0.1) is 11.3 Å². The van der Waals surface area contributed by atoms with Crippen molar-refractivity contribution in [1.82, 2.24) is 4.98 Å². The lowest BCUT2D eigenvalue weighted by molar-refractivity contribution is 0.0696. The smallest absolute Gasteiger partial charge is 0.335 e. The fraction of sp³-hybridized carbons (Fsp3) is 0.385. The maximum Gasteiger partial charge on any atom is 0.335 e. The molecule has 2 atom stereocenters. The third-order valence-corrected chi connectivity index (χ3v) is 10.1. The average Bonchev–Trinajstić information content (AvgIpc) is 3.63. The maximum atomic E-state index is 13.7. The minimum Gasteiger partial charge on any atom is -0.487 e. The number of aryl methyl sites for hydroxylation is 3. The van der Waals surface area contributed by atoms with Crippen molar-refractivity contribution < 1.29 is 27.8 Å². The fourth-order valence-electron chi connectivity index (χ4n) is 4.70. The molecule has 2 aromatic carbocycles. The highest BCUT2D eigenvalue weighted by Crippen LogP contribution is 2.37. The molecule has 2 unspecified atom stereocenters. The van der Waals surface area contributed by atoms with Crippen LogP contribution in [0.4, 0.5) is 5.69 Å². The van der Waals surface area contributed by atoms with Crippen LogP contribution in [0.3, 0.4) is 0 Å². The molecular formula is C26H28N2O6S2. The van der Waals surface area contributed by atoms with Crippen molar-refractivity contribution in [2.45, 2.75) is 48.9 Å². The molecule has 2 heterocycles. The van der Waals surface area contributed by atoms with E-state index in [1.54, 1.807) is 36.6 Å². The van der Waals surface area contributed by atoms with Crippen LogP contribution in [-0.4, -0.2) is 43.1 Å². The maximum absolute atomic E-state index is 13.7. The number of aromatic nitrogens is 1. The number of anilines is 1. The number of carboxylic acids is 1. The first-order valence-electron chi connectivity index (χ1n) is 11.9. The monoisotopic (exact) mass is 528 g/mol. The van der Waals surface area contributed by atoms with Gasteiger partial charge in [-0.25, -0.2) is 18.2 Å². The third kappa shape index (κ3) is 5.11. The van der Waals surface area contributed by atoms with E-state index in [2.05, 4.69) is 10.3 Å². The Morgan fingerprint density at radius 1 is 1.25 bits per heavy atom. The van der Waals surface area contributed by atoms with Crippen molar-refractivity contribution >= 4 is 32.8 Å². The molecule has 0 radical (unpaired) electrons. The zero-order chi connectivity index (χ0) is 25.3. The number of aromatic carboxylic acids is 1. The molecule has 1 saturated heterocycles. The summed E-state index contributed by atoms with van der Waals surface area (Å²) in [5.41, 5.74) is 4.73. The zero-order valence-corrected chi connectivity index (χ0v) is 21.5. The number of nitrogens with one attached hydrogen (secondary N) is 1. The largest absolute Gasteiger partial charge is 0.487 e. The van der Waals surface area contributed by atoms with Gasteiger partial charge in [-0.1, -0.05) is 12.1 Å². The van der Waals surface area contributed by atoms with Gasteiger partial charge in [0.2, 0.25) is 14.2 Å². The number of hydrogen-bond donors (Lipinski definition) is 2. The van der Waals surface area contributed by atoms with E-state index < -0.39 is 21.2 Å². The summed E-state index contributed by atoms with van der Waals surface area (Å²) in [5, 5.41) is 13.3. The first-order chi connectivity index (χ1) is 17.3. The van der Waals surface area contributed by atoms with Gasteiger partial charge in [-0.3, -0.25) is 0 Å². The van der Waals surface area contributed by atoms with Gasteiger partial charge >= 0.3 is 5.97 Å². The minimum absolute atomic E-state index is 0.103. The number of rotatable bonds is 9. The number of ether oxygens (including phenoxy) is 2. The highest BCUT2D eigenvalue weighted by atomic mass is 32.2. The van der Waals surface area contributed by atoms with E-state index in [4.69, 9.17) is 14.6 Å². The number of thiazole rings is 1. The van der Waals surface area contributed by atoms with Gasteiger partial charge in [0.05, 0.1) is 17.9 Å². The molecule has 5 rings (SSSR count). The van der Waals surface area contributed by atoms with Gasteiger partial charge in [0, 0.05) is 23.6 Å². The molecule has 1 aromatic heterocycles. The number of nitrogens with zero attached hydrogens (tertiary/aromatic N) is 1. The number of sulfone groups is 1. The molecule has 0 saturated carbocycles. The van der Waals surface area contributed by atoms with Crippen molar-refractivity contribution in [3.8, 4) is 5.75 Å². The number of fused-ring (bicyclic) bond motifs is 1. The number of benzene rings is 2. The lowest BCUT2D eigenvalue weighted by Gasteiger charge is -2.25. The second-order valence-electron chi connectivity index (χ2n) is 9.25. The molecule has 0 bridgehead atoms. The zero-order valence-electron chi connectivity index (χ0n) is 19.9. The molecule has 0 amide bonds. The minimum atomic E-state index is -3.77. The normalized spacial score (nSPS) is 18.1. The molecule has 0 spiro atoms. The summed E-state index contributed by atoms with van der Waals surface area (Å²) < 4.78 is 39.2. The van der Waals surface area contributed by atoms with Gasteiger partial charge < -0.3 is 19.9 Å². The fourth-order valence-corrected chi connectivity index (χ4v) is 7.71. The van der Waals surface area contributed by atoms with Crippen LogP contribution in [0.1, 0.15) is 45.6 Å². The molecule has 2 N–H and O–H groups in total. The Kier molecular flexibility index (Phi) is 7.00. The Morgan fingerprint density at radius 2 is 2.00 bits per heavy atom. The van der Waals surface area contributed by atoms with Gasteiger partial charge in [0.25, 0.3) is 0 Å². The van der Waals surface area contributed by atoms with Crippen molar-refractivity contribution in [3.63, 3.8) is 0 Å². The Bertz CT molecular complexity index is 1360. The summed E-state index contributed by atoms with van der Waals surface area (Å²) >= 11 is 1.14. The van der Waals surface area contributed by atoms with Gasteiger partial charge in [0.1, 0.15) is 17.7 Å². The summed E-state index contributed by atoms with van der Waals surface area (Å²) in [4.78, 5) is 15.4. The van der Waals surface area contributed by atoms with Crippen molar-refractivity contribution in [2.24, 2.45) is 5.92 Å². The van der Waals surface area contributed by atoms with Crippen molar-refractivity contribution in [2.75, 3.05) is 18.5 Å². The quantitative estimate of drug-likeness (QED) is 0.418. The Labute approximate surface area is 214 Å². The highest BCUT2D eigenvalue weighted by molar-refractivity contribution is 7.94. The van der Waals surface area contributed by atoms with Crippen LogP contribution >= 0.6 is 11.3 Å². The van der Waals surface area contributed by atoms with Gasteiger partial charge in [-0.05, 0) is 73.6 Å². The lowest BCUT2D eigenvalue weighted by Crippen LogP contribution is -2.37. The SMILES string of the molecule is Cc1csc(S(=O)(=O)C(Nc2cc3c(cc2OCc2ccc(C(=O)O)cc2)CCC3)C2CCOC2)n1. The Hall–Kier alpha value is -2.95. The van der Waals surface area contributed by atoms with Crippen LogP contribution in [-0.2, 0) is 34.0 Å². The molecule has 1 aliphatic heterocycles. The second-order valence-corrected chi connectivity index (χ2v) is 12.4. The predicted molar refractivity (Wildman–Crippen MR) is 137 cm³/mol. The van der Waals surface area contributed by atoms with Crippen molar-refractivity contribution in [1.29, 1.82) is 0 Å². The lowest BCUT2D eigenvalue weighted by atomic mass is 10.1. The molecule has 190 valence electrons. The summed E-state index contributed by atoms with van der Waals surface area (Å²) in [5.74, 6) is -0.623. The summed E-state index contributed by atoms with van der Waals surface area (Å²) in [7, 11) is -3.77. The number of carboxylic acid groups (broad SMARTS) is 1. The van der Waals surface area contributed by atoms with E-state index in [-0.39, 0.29) is 22.4 Å². The molecule has 1 fully saturated rings. The van der Waals surface area contributed by atoms with E-state index in [0.717, 1.165) is 36.2 Å². The van der Waals surface area contributed by atoms with E-state index in [0.29, 0.717) is 36.8 Å². The Balaban J connectivity index is 1.45. The standard InChI is InChI=1S/C26H28N2O6S2/c1-16-15-35-26(27-16)36(31,32)24(21-9-10-33-14-21)28-22-11-19-3-2-4-20(19)12-23(22)34-13-17-5-7-18(8-6-17)25(29)30/h5-8,11-12,15,21,24,28H,2-4,9-10,13-14H2,1H3,(H,29,30). The van der Waals surface area contributed by atoms with Crippen LogP contribution in [0, 0.1) is 12.8 Å². The number of hydrogen-bond acceptors (Lipinski definition) is 8. The van der Waals surface area contributed by atoms with Gasteiger partial charge in [-0.2, -0.15) is 0 Å². The topological polar surface area (TPSA) is 115 Å². The molecule has 8 nitrogen and oxygen atoms in total. The van der Waals surface area contributed by atoms with Crippen molar-refractivity contribution in [3.05, 3.63) is 69.7 Å². The third-order valence-electron chi connectivity index (χ3n) is 6.66. The van der Waals surface area contributed by atoms with E-state index in [9.17, 15) is 13.2 Å². The van der Waals surface area contributed by atoms with E-state index in [1.165, 1.54) is 11.1 Å². The second kappa shape index (κ2) is 10.2. The van der Waals surface area contributed by atoms with Crippen LogP contribution in [0.15, 0.2) is 46.1 Å².